The first kappa shape index (κ1) is 18.1. The maximum Gasteiger partial charge on any atom is 0.246 e. The van der Waals surface area contributed by atoms with Gasteiger partial charge >= 0.3 is 0 Å². The van der Waals surface area contributed by atoms with E-state index >= 15 is 0 Å². The lowest BCUT2D eigenvalue weighted by Crippen LogP contribution is -2.38. The molecule has 122 valence electrons. The average Bonchev–Trinajstić information content (AvgIpc) is 2.69. The quantitative estimate of drug-likeness (QED) is 0.828. The molecule has 1 heterocycles. The monoisotopic (exact) mass is 317 g/mol. The summed E-state index contributed by atoms with van der Waals surface area (Å²) < 4.78 is 28.7. The molecule has 1 atom stereocenters. The standard InChI is InChI=1S/C14H27N3O3S/c1-10(2)12(4)16(6)21(19,20)14-11(3)15-17(13(14)5)8-7-9-18/h10,12,18H,7-9H2,1-6H3. The van der Waals surface area contributed by atoms with Gasteiger partial charge in [-0.25, -0.2) is 8.42 Å². The molecule has 0 radical (unpaired) electrons. The predicted molar refractivity (Wildman–Crippen MR) is 82.7 cm³/mol. The maximum absolute atomic E-state index is 12.8. The molecule has 0 spiro atoms. The van der Waals surface area contributed by atoms with Crippen molar-refractivity contribution in [2.24, 2.45) is 5.92 Å². The zero-order chi connectivity index (χ0) is 16.4. The predicted octanol–water partition coefficient (Wildman–Crippen LogP) is 1.55. The van der Waals surface area contributed by atoms with Gasteiger partial charge in [0.05, 0.1) is 11.4 Å². The molecule has 1 N–H and O–H groups in total. The lowest BCUT2D eigenvalue weighted by molar-refractivity contribution is 0.276. The van der Waals surface area contributed by atoms with Gasteiger partial charge in [-0.05, 0) is 33.1 Å². The second-order valence-electron chi connectivity index (χ2n) is 5.81. The van der Waals surface area contributed by atoms with Gasteiger partial charge in [0.2, 0.25) is 10.0 Å². The fraction of sp³-hybridized carbons (Fsp3) is 0.786. The fourth-order valence-corrected chi connectivity index (χ4v) is 4.14. The van der Waals surface area contributed by atoms with E-state index in [1.807, 2.05) is 20.8 Å². The number of aliphatic hydroxyl groups excluding tert-OH is 1. The van der Waals surface area contributed by atoms with Crippen LogP contribution in [0.1, 0.15) is 38.6 Å². The van der Waals surface area contributed by atoms with Gasteiger partial charge in [-0.2, -0.15) is 9.40 Å². The molecule has 1 aromatic heterocycles. The number of sulfonamides is 1. The lowest BCUT2D eigenvalue weighted by atomic mass is 10.1. The van der Waals surface area contributed by atoms with E-state index < -0.39 is 10.0 Å². The molecule has 6 nitrogen and oxygen atoms in total. The molecule has 0 saturated carbocycles. The second-order valence-corrected chi connectivity index (χ2v) is 7.74. The molecule has 0 aliphatic carbocycles. The van der Waals surface area contributed by atoms with Gasteiger partial charge in [0.25, 0.3) is 0 Å². The molecule has 21 heavy (non-hydrogen) atoms. The van der Waals surface area contributed by atoms with Crippen molar-refractivity contribution in [2.45, 2.75) is 58.5 Å². The highest BCUT2D eigenvalue weighted by molar-refractivity contribution is 7.89. The van der Waals surface area contributed by atoms with E-state index in [4.69, 9.17) is 5.11 Å². The molecule has 1 rings (SSSR count). The van der Waals surface area contributed by atoms with Crippen molar-refractivity contribution < 1.29 is 13.5 Å². The molecule has 0 aliphatic rings. The Hall–Kier alpha value is -0.920. The van der Waals surface area contributed by atoms with Gasteiger partial charge in [-0.1, -0.05) is 13.8 Å². The normalized spacial score (nSPS) is 14.1. The number of aliphatic hydroxyl groups is 1. The van der Waals surface area contributed by atoms with Gasteiger partial charge in [-0.3, -0.25) is 4.68 Å². The SMILES string of the molecule is Cc1nn(CCCO)c(C)c1S(=O)(=O)N(C)C(C)C(C)C. The van der Waals surface area contributed by atoms with Gasteiger partial charge in [0, 0.05) is 26.2 Å². The van der Waals surface area contributed by atoms with Crippen molar-refractivity contribution in [3.8, 4) is 0 Å². The fourth-order valence-electron chi connectivity index (χ4n) is 2.27. The summed E-state index contributed by atoms with van der Waals surface area (Å²) in [5, 5.41) is 13.2. The molecule has 0 amide bonds. The van der Waals surface area contributed by atoms with E-state index in [0.717, 1.165) is 0 Å². The number of hydrogen-bond donors (Lipinski definition) is 1. The summed E-state index contributed by atoms with van der Waals surface area (Å²) in [5.74, 6) is 0.231. The van der Waals surface area contributed by atoms with Crippen molar-refractivity contribution in [1.29, 1.82) is 0 Å². The minimum Gasteiger partial charge on any atom is -0.396 e. The Morgan fingerprint density at radius 2 is 1.86 bits per heavy atom. The minimum atomic E-state index is -3.56. The van der Waals surface area contributed by atoms with Crippen LogP contribution in [0.25, 0.3) is 0 Å². The maximum atomic E-state index is 12.8. The third kappa shape index (κ3) is 3.64. The third-order valence-corrected chi connectivity index (χ3v) is 6.22. The Bertz CT molecular complexity index is 579. The van der Waals surface area contributed by atoms with E-state index in [2.05, 4.69) is 5.10 Å². The summed E-state index contributed by atoms with van der Waals surface area (Å²) in [6.07, 6.45) is 0.555. The first-order valence-corrected chi connectivity index (χ1v) is 8.71. The van der Waals surface area contributed by atoms with Crippen LogP contribution in [0.15, 0.2) is 4.90 Å². The molecule has 1 unspecified atom stereocenters. The van der Waals surface area contributed by atoms with Gasteiger partial charge < -0.3 is 5.11 Å². The Labute approximate surface area is 127 Å². The van der Waals surface area contributed by atoms with E-state index in [9.17, 15) is 8.42 Å². The minimum absolute atomic E-state index is 0.0602. The van der Waals surface area contributed by atoms with Crippen LogP contribution in [-0.2, 0) is 16.6 Å². The van der Waals surface area contributed by atoms with E-state index in [-0.39, 0.29) is 23.5 Å². The second kappa shape index (κ2) is 6.89. The summed E-state index contributed by atoms with van der Waals surface area (Å²) in [5.41, 5.74) is 1.14. The van der Waals surface area contributed by atoms with Crippen LogP contribution in [0.3, 0.4) is 0 Å². The third-order valence-electron chi connectivity index (χ3n) is 4.02. The molecule has 0 saturated heterocycles. The van der Waals surface area contributed by atoms with Crippen molar-refractivity contribution in [2.75, 3.05) is 13.7 Å². The summed E-state index contributed by atoms with van der Waals surface area (Å²) in [4.78, 5) is 0.287. The number of aryl methyl sites for hydroxylation is 2. The lowest BCUT2D eigenvalue weighted by Gasteiger charge is -2.27. The molecule has 0 aromatic carbocycles. The highest BCUT2D eigenvalue weighted by Gasteiger charge is 2.32. The first-order valence-electron chi connectivity index (χ1n) is 7.27. The van der Waals surface area contributed by atoms with Gasteiger partial charge in [-0.15, -0.1) is 0 Å². The number of hydrogen-bond acceptors (Lipinski definition) is 4. The van der Waals surface area contributed by atoms with Gasteiger partial charge in [0.1, 0.15) is 4.90 Å². The number of aromatic nitrogens is 2. The highest BCUT2D eigenvalue weighted by Crippen LogP contribution is 2.25. The van der Waals surface area contributed by atoms with Gasteiger partial charge in [0.15, 0.2) is 0 Å². The Morgan fingerprint density at radius 3 is 2.33 bits per heavy atom. The first-order chi connectivity index (χ1) is 9.64. The van der Waals surface area contributed by atoms with Crippen molar-refractivity contribution in [3.05, 3.63) is 11.4 Å². The van der Waals surface area contributed by atoms with Crippen LogP contribution < -0.4 is 0 Å². The Morgan fingerprint density at radius 1 is 1.29 bits per heavy atom. The molecule has 1 aromatic rings. The van der Waals surface area contributed by atoms with Crippen LogP contribution in [0.4, 0.5) is 0 Å². The van der Waals surface area contributed by atoms with Crippen LogP contribution in [0.2, 0.25) is 0 Å². The van der Waals surface area contributed by atoms with E-state index in [1.54, 1.807) is 25.6 Å². The van der Waals surface area contributed by atoms with Crippen LogP contribution >= 0.6 is 0 Å². The average molecular weight is 317 g/mol. The Kier molecular flexibility index (Phi) is 5.95. The molecule has 0 fully saturated rings. The molecular formula is C14H27N3O3S. The smallest absolute Gasteiger partial charge is 0.246 e. The van der Waals surface area contributed by atoms with Crippen molar-refractivity contribution >= 4 is 10.0 Å². The number of rotatable bonds is 7. The largest absolute Gasteiger partial charge is 0.396 e. The topological polar surface area (TPSA) is 75.4 Å². The molecule has 0 bridgehead atoms. The zero-order valence-electron chi connectivity index (χ0n) is 13.8. The Balaban J connectivity index is 3.23. The summed E-state index contributed by atoms with van der Waals surface area (Å²) >= 11 is 0. The van der Waals surface area contributed by atoms with Crippen LogP contribution in [0.5, 0.6) is 0 Å². The van der Waals surface area contributed by atoms with Crippen molar-refractivity contribution in [3.63, 3.8) is 0 Å². The molecule has 7 heteroatoms. The zero-order valence-corrected chi connectivity index (χ0v) is 14.6. The van der Waals surface area contributed by atoms with Crippen molar-refractivity contribution in [1.82, 2.24) is 14.1 Å². The summed E-state index contributed by atoms with van der Waals surface area (Å²) in [6, 6.07) is -0.0883. The highest BCUT2D eigenvalue weighted by atomic mass is 32.2. The molecular weight excluding hydrogens is 290 g/mol. The van der Waals surface area contributed by atoms with Crippen LogP contribution in [-0.4, -0.2) is 47.3 Å². The summed E-state index contributed by atoms with van der Waals surface area (Å²) in [7, 11) is -1.95. The van der Waals surface area contributed by atoms with E-state index in [1.165, 1.54) is 4.31 Å². The number of nitrogens with zero attached hydrogens (tertiary/aromatic N) is 3. The molecule has 0 aliphatic heterocycles. The van der Waals surface area contributed by atoms with Crippen LogP contribution in [0, 0.1) is 19.8 Å². The van der Waals surface area contributed by atoms with E-state index in [0.29, 0.717) is 24.4 Å². The summed E-state index contributed by atoms with van der Waals surface area (Å²) in [6.45, 7) is 9.96.